The van der Waals surface area contributed by atoms with Crippen LogP contribution in [0.1, 0.15) is 67.4 Å². The number of urea groups is 1. The monoisotopic (exact) mass is 813 g/mol. The lowest BCUT2D eigenvalue weighted by molar-refractivity contribution is -0.123. The lowest BCUT2D eigenvalue weighted by Gasteiger charge is -2.18. The summed E-state index contributed by atoms with van der Waals surface area (Å²) in [5, 5.41) is 22.8. The maximum absolute atomic E-state index is 14.0. The SMILES string of the molecule is NCCCC[C@H](NC(=O)c1cccc(-n2cc(CNC(=O)CCOCCNC(=O)CCCC[C@@H]3SCC4NC(=O)N[C@@H]43)nn2)c1)C(=O)COc1c(F)cccc1F. The Hall–Kier alpha value is -5.14. The number of Topliss-reactive ketones (excluding diaryl/α,β-unsaturated/α-hetero) is 1. The maximum Gasteiger partial charge on any atom is 0.315 e. The van der Waals surface area contributed by atoms with Crippen LogP contribution in [0.15, 0.2) is 48.7 Å². The molecule has 5 amide bonds. The molecule has 16 nitrogen and oxygen atoms in total. The number of carbonyl (C=O) groups is 5. The Labute approximate surface area is 333 Å². The molecule has 4 atom stereocenters. The van der Waals surface area contributed by atoms with Crippen molar-refractivity contribution in [2.45, 2.75) is 81.3 Å². The van der Waals surface area contributed by atoms with Crippen molar-refractivity contribution in [1.29, 1.82) is 0 Å². The summed E-state index contributed by atoms with van der Waals surface area (Å²) in [4.78, 5) is 62.3. The minimum atomic E-state index is -0.992. The number of rotatable bonds is 24. The molecule has 308 valence electrons. The summed E-state index contributed by atoms with van der Waals surface area (Å²) in [7, 11) is 0. The summed E-state index contributed by atoms with van der Waals surface area (Å²) in [5.74, 6) is -3.07. The molecule has 0 spiro atoms. The highest BCUT2D eigenvalue weighted by molar-refractivity contribution is 8.00. The van der Waals surface area contributed by atoms with E-state index in [1.165, 1.54) is 10.7 Å². The van der Waals surface area contributed by atoms with Crippen LogP contribution in [-0.2, 0) is 25.7 Å². The van der Waals surface area contributed by atoms with Gasteiger partial charge in [0.25, 0.3) is 5.91 Å². The van der Waals surface area contributed by atoms with Crippen molar-refractivity contribution in [3.8, 4) is 11.4 Å². The summed E-state index contributed by atoms with van der Waals surface area (Å²) in [6.45, 7) is 0.630. The molecule has 19 heteroatoms. The van der Waals surface area contributed by atoms with Gasteiger partial charge >= 0.3 is 6.03 Å². The van der Waals surface area contributed by atoms with E-state index in [1.54, 1.807) is 30.5 Å². The quantitative estimate of drug-likeness (QED) is 0.0569. The van der Waals surface area contributed by atoms with Crippen molar-refractivity contribution in [3.05, 3.63) is 71.6 Å². The van der Waals surface area contributed by atoms with Crippen LogP contribution in [0.25, 0.3) is 5.69 Å². The van der Waals surface area contributed by atoms with Crippen LogP contribution in [0, 0.1) is 11.6 Å². The van der Waals surface area contributed by atoms with Gasteiger partial charge in [-0.3, -0.25) is 19.2 Å². The molecule has 2 aliphatic heterocycles. The number of nitrogens with zero attached hydrogens (tertiary/aromatic N) is 3. The van der Waals surface area contributed by atoms with Gasteiger partial charge in [-0.25, -0.2) is 18.3 Å². The molecule has 3 aromatic rings. The number of fused-ring (bicyclic) bond motifs is 1. The molecule has 0 radical (unpaired) electrons. The van der Waals surface area contributed by atoms with E-state index in [1.807, 2.05) is 11.8 Å². The molecule has 2 aromatic carbocycles. The van der Waals surface area contributed by atoms with Gasteiger partial charge < -0.3 is 41.8 Å². The summed E-state index contributed by atoms with van der Waals surface area (Å²) in [6.07, 6.45) is 6.14. The number of halogens is 2. The highest BCUT2D eigenvalue weighted by atomic mass is 32.2. The van der Waals surface area contributed by atoms with Crippen LogP contribution in [0.3, 0.4) is 0 Å². The van der Waals surface area contributed by atoms with Crippen molar-refractivity contribution in [2.75, 3.05) is 38.7 Å². The number of unbranched alkanes of at least 4 members (excludes halogenated alkanes) is 2. The number of nitrogens with two attached hydrogens (primary N) is 1. The topological polar surface area (TPSA) is 221 Å². The molecule has 0 bridgehead atoms. The fraction of sp³-hybridized carbons (Fsp3) is 0.500. The smallest absolute Gasteiger partial charge is 0.315 e. The lowest BCUT2D eigenvalue weighted by Crippen LogP contribution is -2.43. The van der Waals surface area contributed by atoms with E-state index in [9.17, 15) is 32.8 Å². The average molecular weight is 814 g/mol. The molecule has 3 heterocycles. The van der Waals surface area contributed by atoms with Gasteiger partial charge in [-0.2, -0.15) is 11.8 Å². The van der Waals surface area contributed by atoms with Crippen LogP contribution in [0.5, 0.6) is 5.75 Å². The zero-order chi connectivity index (χ0) is 40.6. The fourth-order valence-corrected chi connectivity index (χ4v) is 7.92. The molecule has 1 aromatic heterocycles. The number of thioether (sulfide) groups is 1. The first-order valence-corrected chi connectivity index (χ1v) is 20.1. The van der Waals surface area contributed by atoms with E-state index in [0.717, 1.165) is 37.1 Å². The highest BCUT2D eigenvalue weighted by Gasteiger charge is 2.42. The Kier molecular flexibility index (Phi) is 16.6. The van der Waals surface area contributed by atoms with Gasteiger partial charge in [0.1, 0.15) is 12.3 Å². The number of hydrogen-bond donors (Lipinski definition) is 6. The van der Waals surface area contributed by atoms with E-state index < -0.39 is 41.7 Å². The van der Waals surface area contributed by atoms with E-state index in [0.29, 0.717) is 49.0 Å². The summed E-state index contributed by atoms with van der Waals surface area (Å²) >= 11 is 1.86. The van der Waals surface area contributed by atoms with E-state index in [-0.39, 0.29) is 68.1 Å². The number of para-hydroxylation sites is 1. The third-order valence-corrected chi connectivity index (χ3v) is 10.9. The van der Waals surface area contributed by atoms with E-state index in [4.69, 9.17) is 15.2 Å². The maximum atomic E-state index is 14.0. The Balaban J connectivity index is 0.972. The first kappa shape index (κ1) is 43.0. The van der Waals surface area contributed by atoms with Gasteiger partial charge in [-0.05, 0) is 69.0 Å². The van der Waals surface area contributed by atoms with Gasteiger partial charge in [0.2, 0.25) is 11.8 Å². The van der Waals surface area contributed by atoms with Crippen LogP contribution >= 0.6 is 11.8 Å². The Morgan fingerprint density at radius 3 is 2.58 bits per heavy atom. The van der Waals surface area contributed by atoms with Crippen LogP contribution in [0.2, 0.25) is 0 Å². The minimum Gasteiger partial charge on any atom is -0.480 e. The number of benzene rings is 2. The summed E-state index contributed by atoms with van der Waals surface area (Å²) < 4.78 is 40.1. The van der Waals surface area contributed by atoms with E-state index in [2.05, 4.69) is 36.9 Å². The molecule has 0 saturated carbocycles. The molecular weight excluding hydrogens is 765 g/mol. The van der Waals surface area contributed by atoms with Crippen LogP contribution in [0.4, 0.5) is 13.6 Å². The zero-order valence-corrected chi connectivity index (χ0v) is 32.3. The Bertz CT molecular complexity index is 1830. The van der Waals surface area contributed by atoms with E-state index >= 15 is 0 Å². The van der Waals surface area contributed by atoms with Gasteiger partial charge in [0.05, 0.1) is 49.8 Å². The van der Waals surface area contributed by atoms with Crippen LogP contribution < -0.4 is 37.1 Å². The second-order valence-corrected chi connectivity index (χ2v) is 14.9. The Morgan fingerprint density at radius 1 is 0.982 bits per heavy atom. The normalized spacial score (nSPS) is 17.6. The number of carbonyl (C=O) groups excluding carboxylic acids is 5. The van der Waals surface area contributed by atoms with Crippen molar-refractivity contribution in [1.82, 2.24) is 41.6 Å². The number of aromatic nitrogens is 3. The van der Waals surface area contributed by atoms with Gasteiger partial charge in [-0.15, -0.1) is 5.10 Å². The Morgan fingerprint density at radius 2 is 1.77 bits per heavy atom. The first-order valence-electron chi connectivity index (χ1n) is 19.0. The highest BCUT2D eigenvalue weighted by Crippen LogP contribution is 2.33. The molecule has 5 rings (SSSR count). The second-order valence-electron chi connectivity index (χ2n) is 13.7. The second kappa shape index (κ2) is 22.0. The molecule has 1 unspecified atom stereocenters. The van der Waals surface area contributed by atoms with Crippen molar-refractivity contribution < 1.29 is 42.2 Å². The standard InChI is InChI=1S/C38H49F2N9O7S/c39-27-9-6-10-28(40)36(27)56-22-31(50)29(11-3-4-15-41)44-37(53)24-7-5-8-26(19-24)49-21-25(47-48-49)20-43-34(52)14-17-55-18-16-42-33(51)13-2-1-12-32-35-30(23-57-32)45-38(54)46-35/h5-10,19,21,29-30,32,35H,1-4,11-18,20,22-23,41H2,(H,42,51)(H,43,52)(H,44,53)(H2,45,46,54)/t29-,30?,32-,35-/m0/s1. The first-order chi connectivity index (χ1) is 27.6. The number of nitrogens with one attached hydrogen (secondary N) is 5. The van der Waals surface area contributed by atoms with Crippen molar-refractivity contribution >= 4 is 41.3 Å². The van der Waals surface area contributed by atoms with Gasteiger partial charge in [0, 0.05) is 36.0 Å². The number of amides is 5. The third-order valence-electron chi connectivity index (χ3n) is 9.42. The molecule has 2 fully saturated rings. The molecule has 0 aliphatic carbocycles. The molecule has 2 aliphatic rings. The molecular formula is C38H49F2N9O7S. The number of hydrogen-bond acceptors (Lipinski definition) is 11. The van der Waals surface area contributed by atoms with Crippen molar-refractivity contribution in [2.24, 2.45) is 5.73 Å². The predicted molar refractivity (Wildman–Crippen MR) is 207 cm³/mol. The molecule has 57 heavy (non-hydrogen) atoms. The molecule has 7 N–H and O–H groups in total. The minimum absolute atomic E-state index is 0.0496. The average Bonchev–Trinajstić information content (AvgIpc) is 3.93. The largest absolute Gasteiger partial charge is 0.480 e. The van der Waals surface area contributed by atoms with Crippen molar-refractivity contribution in [3.63, 3.8) is 0 Å². The van der Waals surface area contributed by atoms with Gasteiger partial charge in [0.15, 0.2) is 23.2 Å². The van der Waals surface area contributed by atoms with Crippen LogP contribution in [-0.4, -0.2) is 107 Å². The fourth-order valence-electron chi connectivity index (χ4n) is 6.38. The summed E-state index contributed by atoms with van der Waals surface area (Å²) in [6, 6.07) is 8.95. The molecule has 2 saturated heterocycles. The van der Waals surface area contributed by atoms with Gasteiger partial charge in [-0.1, -0.05) is 23.8 Å². The predicted octanol–water partition coefficient (Wildman–Crippen LogP) is 2.29. The summed E-state index contributed by atoms with van der Waals surface area (Å²) in [5.41, 5.74) is 6.78. The number of ether oxygens (including phenoxy) is 2. The third kappa shape index (κ3) is 13.2. The lowest BCUT2D eigenvalue weighted by atomic mass is 10.0. The zero-order valence-electron chi connectivity index (χ0n) is 31.5. The number of ketones is 1.